The maximum atomic E-state index is 2.78. The molecule has 41 heavy (non-hydrogen) atoms. The number of benzene rings is 4. The molecule has 0 saturated heterocycles. The fourth-order valence-corrected chi connectivity index (χ4v) is 7.72. The van der Waals surface area contributed by atoms with E-state index in [0.29, 0.717) is 11.8 Å². The van der Waals surface area contributed by atoms with Crippen LogP contribution in [-0.4, -0.2) is 6.17 Å². The zero-order valence-corrected chi connectivity index (χ0v) is 25.4. The minimum atomic E-state index is 0.102. The monoisotopic (exact) mass is 538 g/mol. The topological polar surface area (TPSA) is 6.48 Å². The van der Waals surface area contributed by atoms with Crippen LogP contribution < -0.4 is 9.80 Å². The van der Waals surface area contributed by atoms with E-state index >= 15 is 0 Å². The number of anilines is 2. The van der Waals surface area contributed by atoms with Gasteiger partial charge in [-0.2, -0.15) is 0 Å². The lowest BCUT2D eigenvalue weighted by Gasteiger charge is -2.53. The molecule has 1 unspecified atom stereocenters. The van der Waals surface area contributed by atoms with Gasteiger partial charge in [0.05, 0.1) is 17.1 Å². The van der Waals surface area contributed by atoms with E-state index < -0.39 is 0 Å². The Balaban J connectivity index is 1.66. The molecule has 0 spiro atoms. The van der Waals surface area contributed by atoms with Gasteiger partial charge in [-0.25, -0.2) is 0 Å². The summed E-state index contributed by atoms with van der Waals surface area (Å²) in [6.45, 7) is 14.1. The van der Waals surface area contributed by atoms with E-state index in [0.717, 1.165) is 19.3 Å². The summed E-state index contributed by atoms with van der Waals surface area (Å²) in [6, 6.07) is 34.6. The minimum absolute atomic E-state index is 0.102. The highest BCUT2D eigenvalue weighted by atomic mass is 15.4. The lowest BCUT2D eigenvalue weighted by Crippen LogP contribution is -2.57. The van der Waals surface area contributed by atoms with Crippen molar-refractivity contribution in [3.05, 3.63) is 119 Å². The van der Waals surface area contributed by atoms with Crippen molar-refractivity contribution in [1.82, 2.24) is 0 Å². The van der Waals surface area contributed by atoms with Gasteiger partial charge in [-0.15, -0.1) is 0 Å². The summed E-state index contributed by atoms with van der Waals surface area (Å²) in [7, 11) is 0. The highest BCUT2D eigenvalue weighted by Gasteiger charge is 2.56. The van der Waals surface area contributed by atoms with Crippen molar-refractivity contribution < 1.29 is 0 Å². The average molecular weight is 539 g/mol. The van der Waals surface area contributed by atoms with Gasteiger partial charge in [0.15, 0.2) is 0 Å². The second-order valence-corrected chi connectivity index (χ2v) is 12.9. The van der Waals surface area contributed by atoms with Crippen molar-refractivity contribution in [1.29, 1.82) is 0 Å². The Kier molecular flexibility index (Phi) is 6.15. The lowest BCUT2D eigenvalue weighted by molar-refractivity contribution is 0.197. The van der Waals surface area contributed by atoms with E-state index in [2.05, 4.69) is 142 Å². The standard InChI is InChI=1S/C39H42N2/c1-7-39(8-2)24-30-21-29(26(5)6)23-33-32-20-19-28(25(3)4)22-34(32)37-36(27-15-11-9-12-16-27)40(31-17-13-10-14-18-31)38(39)41(37)35(30)33/h9-23,25-26,38H,7-8,24H2,1-6H3. The summed E-state index contributed by atoms with van der Waals surface area (Å²) in [5, 5.41) is 0. The first-order valence-corrected chi connectivity index (χ1v) is 15.6. The van der Waals surface area contributed by atoms with Crippen LogP contribution in [0.25, 0.3) is 22.5 Å². The van der Waals surface area contributed by atoms with Gasteiger partial charge in [0.25, 0.3) is 0 Å². The van der Waals surface area contributed by atoms with Crippen LogP contribution in [0.15, 0.2) is 91.0 Å². The molecule has 0 amide bonds. The summed E-state index contributed by atoms with van der Waals surface area (Å²) < 4.78 is 0. The zero-order chi connectivity index (χ0) is 28.5. The van der Waals surface area contributed by atoms with Gasteiger partial charge in [-0.1, -0.05) is 108 Å². The molecular formula is C39H42N2. The molecule has 2 heteroatoms. The molecule has 0 aliphatic carbocycles. The van der Waals surface area contributed by atoms with Gasteiger partial charge in [-0.05, 0) is 77.6 Å². The Labute approximate surface area is 246 Å². The number of hydrogen-bond donors (Lipinski definition) is 0. The third-order valence-electron chi connectivity index (χ3n) is 10.1. The Morgan fingerprint density at radius 2 is 1.29 bits per heavy atom. The fraction of sp³-hybridized carbons (Fsp3) is 0.333. The van der Waals surface area contributed by atoms with E-state index in [1.807, 2.05) is 0 Å². The molecule has 0 fully saturated rings. The maximum absolute atomic E-state index is 2.78. The van der Waals surface area contributed by atoms with E-state index in [4.69, 9.17) is 0 Å². The van der Waals surface area contributed by atoms with Crippen molar-refractivity contribution >= 4 is 22.8 Å². The first-order valence-electron chi connectivity index (χ1n) is 15.6. The van der Waals surface area contributed by atoms with Gasteiger partial charge in [0.1, 0.15) is 6.17 Å². The van der Waals surface area contributed by atoms with Crippen molar-refractivity contribution in [3.63, 3.8) is 0 Å². The average Bonchev–Trinajstić information content (AvgIpc) is 3.38. The van der Waals surface area contributed by atoms with Crippen molar-refractivity contribution in [2.24, 2.45) is 5.41 Å². The quantitative estimate of drug-likeness (QED) is 0.241. The Morgan fingerprint density at radius 1 is 0.659 bits per heavy atom. The minimum Gasteiger partial charge on any atom is -0.317 e. The highest BCUT2D eigenvalue weighted by Crippen LogP contribution is 2.62. The molecule has 2 nitrogen and oxygen atoms in total. The van der Waals surface area contributed by atoms with Crippen LogP contribution in [-0.2, 0) is 6.42 Å². The predicted octanol–water partition coefficient (Wildman–Crippen LogP) is 10.5. The number of nitrogens with zero attached hydrogens (tertiary/aromatic N) is 2. The molecule has 0 bridgehead atoms. The predicted molar refractivity (Wildman–Crippen MR) is 175 cm³/mol. The van der Waals surface area contributed by atoms with Crippen LogP contribution in [0, 0.1) is 5.41 Å². The summed E-state index contributed by atoms with van der Waals surface area (Å²) in [6.07, 6.45) is 3.56. The highest BCUT2D eigenvalue weighted by molar-refractivity contribution is 6.14. The molecule has 4 aromatic carbocycles. The van der Waals surface area contributed by atoms with Gasteiger partial charge >= 0.3 is 0 Å². The summed E-state index contributed by atoms with van der Waals surface area (Å²) in [4.78, 5) is 5.49. The van der Waals surface area contributed by atoms with Gasteiger partial charge in [0, 0.05) is 27.8 Å². The summed E-state index contributed by atoms with van der Waals surface area (Å²) in [5.74, 6) is 0.954. The van der Waals surface area contributed by atoms with E-state index in [9.17, 15) is 0 Å². The van der Waals surface area contributed by atoms with Crippen LogP contribution in [0.1, 0.15) is 94.0 Å². The third kappa shape index (κ3) is 3.76. The molecule has 0 saturated carbocycles. The summed E-state index contributed by atoms with van der Waals surface area (Å²) >= 11 is 0. The number of fused-ring (bicyclic) bond motifs is 3. The molecule has 0 radical (unpaired) electrons. The van der Waals surface area contributed by atoms with Gasteiger partial charge < -0.3 is 9.80 Å². The molecule has 0 N–H and O–H groups in total. The first kappa shape index (κ1) is 26.1. The Morgan fingerprint density at radius 3 is 1.93 bits per heavy atom. The van der Waals surface area contributed by atoms with E-state index in [1.54, 1.807) is 0 Å². The van der Waals surface area contributed by atoms with E-state index in [1.165, 1.54) is 61.7 Å². The molecule has 7 rings (SSSR count). The van der Waals surface area contributed by atoms with Crippen LogP contribution in [0.3, 0.4) is 0 Å². The second kappa shape index (κ2) is 9.65. The zero-order valence-electron chi connectivity index (χ0n) is 25.4. The number of rotatable bonds is 6. The Bertz CT molecular complexity index is 1640. The third-order valence-corrected chi connectivity index (χ3v) is 10.1. The lowest BCUT2D eigenvalue weighted by atomic mass is 9.68. The molecule has 208 valence electrons. The summed E-state index contributed by atoms with van der Waals surface area (Å²) in [5.41, 5.74) is 15.3. The van der Waals surface area contributed by atoms with Crippen molar-refractivity contribution in [2.45, 2.75) is 78.8 Å². The second-order valence-electron chi connectivity index (χ2n) is 12.9. The van der Waals surface area contributed by atoms with Crippen LogP contribution >= 0.6 is 0 Å². The van der Waals surface area contributed by atoms with Crippen molar-refractivity contribution in [3.8, 4) is 11.1 Å². The SMILES string of the molecule is CCC1(CC)Cc2cc(C(C)C)cc3c2N2C(=C(c4ccccc4)N(c4ccccc4)C21)c1cc(C(C)C)ccc1-3. The first-order chi connectivity index (χ1) is 19.9. The molecule has 3 heterocycles. The van der Waals surface area contributed by atoms with Gasteiger partial charge in [-0.3, -0.25) is 0 Å². The molecule has 0 aromatic heterocycles. The normalized spacial score (nSPS) is 18.3. The molecule has 1 atom stereocenters. The number of hydrogen-bond acceptors (Lipinski definition) is 2. The molecule has 3 aliphatic rings. The van der Waals surface area contributed by atoms with Crippen LogP contribution in [0.5, 0.6) is 0 Å². The van der Waals surface area contributed by atoms with Crippen LogP contribution in [0.4, 0.5) is 11.4 Å². The number of para-hydroxylation sites is 1. The van der Waals surface area contributed by atoms with Crippen molar-refractivity contribution in [2.75, 3.05) is 9.80 Å². The maximum Gasteiger partial charge on any atom is 0.117 e. The smallest absolute Gasteiger partial charge is 0.117 e. The fourth-order valence-electron chi connectivity index (χ4n) is 7.72. The van der Waals surface area contributed by atoms with Crippen LogP contribution in [0.2, 0.25) is 0 Å². The van der Waals surface area contributed by atoms with Gasteiger partial charge in [0.2, 0.25) is 0 Å². The van der Waals surface area contributed by atoms with E-state index in [-0.39, 0.29) is 11.6 Å². The molecular weight excluding hydrogens is 496 g/mol. The largest absolute Gasteiger partial charge is 0.317 e. The Hall–Kier alpha value is -3.78. The molecule has 4 aromatic rings. The molecule has 3 aliphatic heterocycles.